The van der Waals surface area contributed by atoms with Crippen LogP contribution in [0.25, 0.3) is 11.3 Å². The zero-order valence-electron chi connectivity index (χ0n) is 15.1. The van der Waals surface area contributed by atoms with Gasteiger partial charge in [-0.1, -0.05) is 12.1 Å². The molecule has 6 nitrogen and oxygen atoms in total. The summed E-state index contributed by atoms with van der Waals surface area (Å²) in [5, 5.41) is 23.2. The van der Waals surface area contributed by atoms with Gasteiger partial charge in [0.15, 0.2) is 5.78 Å². The lowest BCUT2D eigenvalue weighted by atomic mass is 10.0. The van der Waals surface area contributed by atoms with Crippen LogP contribution in [-0.4, -0.2) is 40.0 Å². The molecule has 1 N–H and O–H groups in total. The topological polar surface area (TPSA) is 88.1 Å². The summed E-state index contributed by atoms with van der Waals surface area (Å²) in [4.78, 5) is 12.8. The van der Waals surface area contributed by atoms with Gasteiger partial charge in [0.05, 0.1) is 36.1 Å². The molecule has 0 saturated carbocycles. The van der Waals surface area contributed by atoms with Gasteiger partial charge >= 0.3 is 0 Å². The number of nitrogens with zero attached hydrogens (tertiary/aromatic N) is 3. The first-order valence-corrected chi connectivity index (χ1v) is 8.90. The zero-order valence-corrected chi connectivity index (χ0v) is 15.1. The van der Waals surface area contributed by atoms with Crippen LogP contribution < -0.4 is 0 Å². The van der Waals surface area contributed by atoms with Crippen molar-refractivity contribution in [2.24, 2.45) is 0 Å². The summed E-state index contributed by atoms with van der Waals surface area (Å²) in [5.74, 6) is -0.0114. The van der Waals surface area contributed by atoms with Gasteiger partial charge in [-0.25, -0.2) is 0 Å². The molecule has 1 unspecified atom stereocenters. The Labute approximate surface area is 153 Å². The number of aliphatic hydroxyl groups excluding tert-OH is 1. The number of ketones is 1. The molecule has 1 fully saturated rings. The second kappa shape index (κ2) is 7.81. The molecule has 1 aliphatic rings. The number of carbonyl (C=O) groups excluding carboxylic acids is 1. The van der Waals surface area contributed by atoms with E-state index in [4.69, 9.17) is 15.1 Å². The van der Waals surface area contributed by atoms with Gasteiger partial charge < -0.3 is 9.84 Å². The van der Waals surface area contributed by atoms with Crippen LogP contribution in [0.2, 0.25) is 0 Å². The van der Waals surface area contributed by atoms with Gasteiger partial charge in [-0.3, -0.25) is 9.48 Å². The van der Waals surface area contributed by atoms with Crippen LogP contribution in [0, 0.1) is 18.3 Å². The fraction of sp³-hybridized carbons (Fsp3) is 0.450. The van der Waals surface area contributed by atoms with Crippen LogP contribution in [-0.2, 0) is 4.74 Å². The van der Waals surface area contributed by atoms with E-state index >= 15 is 0 Å². The Morgan fingerprint density at radius 2 is 2.19 bits per heavy atom. The van der Waals surface area contributed by atoms with E-state index in [2.05, 4.69) is 6.07 Å². The van der Waals surface area contributed by atoms with Gasteiger partial charge in [0.1, 0.15) is 5.69 Å². The molecule has 26 heavy (non-hydrogen) atoms. The minimum absolute atomic E-state index is 0.0114. The van der Waals surface area contributed by atoms with Gasteiger partial charge in [-0.2, -0.15) is 10.4 Å². The number of aliphatic hydroxyl groups is 1. The Bertz CT molecular complexity index is 825. The predicted octanol–water partition coefficient (Wildman–Crippen LogP) is 3.04. The molecule has 0 aliphatic carbocycles. The molecule has 0 radical (unpaired) electrons. The van der Waals surface area contributed by atoms with Crippen LogP contribution in [0.15, 0.2) is 24.3 Å². The molecule has 0 spiro atoms. The fourth-order valence-electron chi connectivity index (χ4n) is 3.27. The summed E-state index contributed by atoms with van der Waals surface area (Å²) in [6.45, 7) is 4.80. The maximum absolute atomic E-state index is 12.8. The van der Waals surface area contributed by atoms with Crippen molar-refractivity contribution in [3.8, 4) is 17.3 Å². The third kappa shape index (κ3) is 3.69. The van der Waals surface area contributed by atoms with Crippen molar-refractivity contribution in [3.63, 3.8) is 0 Å². The average molecular weight is 353 g/mol. The van der Waals surface area contributed by atoms with Crippen LogP contribution in [0.4, 0.5) is 0 Å². The molecule has 1 saturated heterocycles. The summed E-state index contributed by atoms with van der Waals surface area (Å²) in [6, 6.07) is 9.37. The fourth-order valence-corrected chi connectivity index (χ4v) is 3.27. The molecule has 2 heterocycles. The van der Waals surface area contributed by atoms with E-state index in [0.29, 0.717) is 30.9 Å². The minimum Gasteiger partial charge on any atom is -0.393 e. The highest BCUT2D eigenvalue weighted by atomic mass is 16.5. The number of ether oxygens (including phenoxy) is 1. The van der Waals surface area contributed by atoms with Crippen molar-refractivity contribution in [2.45, 2.75) is 45.3 Å². The van der Waals surface area contributed by atoms with E-state index in [1.165, 1.54) is 0 Å². The number of hydrogen-bond acceptors (Lipinski definition) is 5. The van der Waals surface area contributed by atoms with E-state index in [0.717, 1.165) is 23.2 Å². The first-order chi connectivity index (χ1) is 12.5. The molecular formula is C20H23N3O3. The van der Waals surface area contributed by atoms with Crippen LogP contribution in [0.5, 0.6) is 0 Å². The van der Waals surface area contributed by atoms with Gasteiger partial charge in [0.2, 0.25) is 0 Å². The lowest BCUT2D eigenvalue weighted by molar-refractivity contribution is 0.0934. The largest absolute Gasteiger partial charge is 0.393 e. The number of nitriles is 1. The molecule has 2 atom stereocenters. The van der Waals surface area contributed by atoms with Crippen LogP contribution in [0.1, 0.15) is 53.8 Å². The lowest BCUT2D eigenvalue weighted by Gasteiger charge is -2.13. The molecular weight excluding hydrogens is 330 g/mol. The zero-order chi connectivity index (χ0) is 18.7. The van der Waals surface area contributed by atoms with Gasteiger partial charge in [-0.05, 0) is 38.8 Å². The maximum atomic E-state index is 12.8. The van der Waals surface area contributed by atoms with Crippen LogP contribution >= 0.6 is 0 Å². The molecule has 136 valence electrons. The Morgan fingerprint density at radius 3 is 2.77 bits per heavy atom. The average Bonchev–Trinajstić information content (AvgIpc) is 3.27. The van der Waals surface area contributed by atoms with E-state index in [1.54, 1.807) is 23.7 Å². The Balaban J connectivity index is 2.01. The smallest absolute Gasteiger partial charge is 0.181 e. The quantitative estimate of drug-likeness (QED) is 0.807. The molecule has 1 aromatic carbocycles. The molecule has 1 aromatic heterocycles. The van der Waals surface area contributed by atoms with E-state index in [1.807, 2.05) is 19.1 Å². The predicted molar refractivity (Wildman–Crippen MR) is 96.8 cm³/mol. The van der Waals surface area contributed by atoms with E-state index in [-0.39, 0.29) is 18.2 Å². The summed E-state index contributed by atoms with van der Waals surface area (Å²) in [7, 11) is 0. The van der Waals surface area contributed by atoms with Gasteiger partial charge in [0.25, 0.3) is 0 Å². The number of hydrogen-bond donors (Lipinski definition) is 1. The van der Waals surface area contributed by atoms with E-state index in [9.17, 15) is 9.90 Å². The van der Waals surface area contributed by atoms with Gasteiger partial charge in [0, 0.05) is 24.2 Å². The third-order valence-corrected chi connectivity index (χ3v) is 4.74. The highest BCUT2D eigenvalue weighted by molar-refractivity contribution is 5.97. The first-order valence-electron chi connectivity index (χ1n) is 8.90. The molecule has 0 bridgehead atoms. The standard InChI is InChI=1S/C20H23N3O3/c1-13(24)3-8-18(25)20-14(2)19(16-6-4-15(11-21)5-7-16)22-23(20)17-9-10-26-12-17/h4-7,13,17,24H,3,8-10,12H2,1-2H3/t13-,17?/m0/s1. The minimum atomic E-state index is -0.511. The number of rotatable bonds is 6. The summed E-state index contributed by atoms with van der Waals surface area (Å²) < 4.78 is 7.29. The van der Waals surface area contributed by atoms with E-state index < -0.39 is 6.10 Å². The van der Waals surface area contributed by atoms with Crippen molar-refractivity contribution in [1.29, 1.82) is 5.26 Å². The van der Waals surface area contributed by atoms with Gasteiger partial charge in [-0.15, -0.1) is 0 Å². The summed E-state index contributed by atoms with van der Waals surface area (Å²) >= 11 is 0. The van der Waals surface area contributed by atoms with Crippen molar-refractivity contribution >= 4 is 5.78 Å². The summed E-state index contributed by atoms with van der Waals surface area (Å²) in [5.41, 5.74) is 3.64. The highest BCUT2D eigenvalue weighted by Gasteiger charge is 2.28. The maximum Gasteiger partial charge on any atom is 0.181 e. The lowest BCUT2D eigenvalue weighted by Crippen LogP contribution is -2.18. The van der Waals surface area contributed by atoms with Crippen molar-refractivity contribution in [2.75, 3.05) is 13.2 Å². The highest BCUT2D eigenvalue weighted by Crippen LogP contribution is 2.30. The SMILES string of the molecule is Cc1c(-c2ccc(C#N)cc2)nn(C2CCOC2)c1C(=O)CC[C@H](C)O. The molecule has 3 rings (SSSR count). The van der Waals surface area contributed by atoms with Crippen LogP contribution in [0.3, 0.4) is 0 Å². The monoisotopic (exact) mass is 353 g/mol. The first kappa shape index (κ1) is 18.3. The Hall–Kier alpha value is -2.49. The van der Waals surface area contributed by atoms with Crippen molar-refractivity contribution < 1.29 is 14.6 Å². The number of carbonyl (C=O) groups is 1. The Morgan fingerprint density at radius 1 is 1.46 bits per heavy atom. The third-order valence-electron chi connectivity index (χ3n) is 4.74. The molecule has 6 heteroatoms. The molecule has 0 amide bonds. The number of Topliss-reactive ketones (excluding diaryl/α,β-unsaturated/α-hetero) is 1. The Kier molecular flexibility index (Phi) is 5.50. The normalized spacial score (nSPS) is 17.8. The van der Waals surface area contributed by atoms with Crippen molar-refractivity contribution in [1.82, 2.24) is 9.78 Å². The second-order valence-corrected chi connectivity index (χ2v) is 6.78. The number of aromatic nitrogens is 2. The molecule has 1 aliphatic heterocycles. The van der Waals surface area contributed by atoms with Crippen molar-refractivity contribution in [3.05, 3.63) is 41.1 Å². The molecule has 2 aromatic rings. The summed E-state index contributed by atoms with van der Waals surface area (Å²) in [6.07, 6.45) is 1.02. The second-order valence-electron chi connectivity index (χ2n) is 6.78. The number of benzene rings is 1.